The number of benzene rings is 1. The van der Waals surface area contributed by atoms with Crippen LogP contribution in [0, 0.1) is 0 Å². The maximum atomic E-state index is 12.5. The van der Waals surface area contributed by atoms with E-state index in [0.717, 1.165) is 22.5 Å². The second-order valence-electron chi connectivity index (χ2n) is 4.16. The zero-order valence-corrected chi connectivity index (χ0v) is 11.2. The van der Waals surface area contributed by atoms with E-state index >= 15 is 0 Å². The lowest BCUT2D eigenvalue weighted by atomic mass is 10.2. The van der Waals surface area contributed by atoms with Crippen LogP contribution in [0.3, 0.4) is 0 Å². The van der Waals surface area contributed by atoms with E-state index in [1.807, 2.05) is 0 Å². The average molecular weight is 297 g/mol. The van der Waals surface area contributed by atoms with Gasteiger partial charge in [-0.25, -0.2) is 8.42 Å². The summed E-state index contributed by atoms with van der Waals surface area (Å²) in [6, 6.07) is 3.50. The van der Waals surface area contributed by atoms with E-state index in [2.05, 4.69) is 0 Å². The molecule has 0 aliphatic rings. The molecule has 1 N–H and O–H groups in total. The van der Waals surface area contributed by atoms with E-state index in [1.165, 1.54) is 14.0 Å². The minimum Gasteiger partial charge on any atom is -0.392 e. The molecular weight excluding hydrogens is 283 g/mol. The molecule has 0 aliphatic heterocycles. The Bertz CT molecular complexity index is 540. The lowest BCUT2D eigenvalue weighted by molar-refractivity contribution is -0.137. The largest absolute Gasteiger partial charge is 0.416 e. The number of aliphatic hydroxyl groups excluding tert-OH is 1. The first-order valence-corrected chi connectivity index (χ1v) is 6.81. The zero-order valence-electron chi connectivity index (χ0n) is 10.3. The van der Waals surface area contributed by atoms with Gasteiger partial charge in [-0.1, -0.05) is 6.07 Å². The van der Waals surface area contributed by atoms with Crippen molar-refractivity contribution in [2.24, 2.45) is 0 Å². The molecule has 0 heterocycles. The second kappa shape index (κ2) is 5.48. The number of aliphatic hydroxyl groups is 1. The van der Waals surface area contributed by atoms with Gasteiger partial charge in [0.2, 0.25) is 10.0 Å². The fourth-order valence-corrected chi connectivity index (χ4v) is 2.78. The van der Waals surface area contributed by atoms with Crippen LogP contribution in [0.5, 0.6) is 0 Å². The van der Waals surface area contributed by atoms with E-state index in [4.69, 9.17) is 5.11 Å². The highest BCUT2D eigenvalue weighted by molar-refractivity contribution is 7.89. The van der Waals surface area contributed by atoms with Gasteiger partial charge in [-0.15, -0.1) is 0 Å². The highest BCUT2D eigenvalue weighted by atomic mass is 32.2. The second-order valence-corrected chi connectivity index (χ2v) is 6.21. The molecule has 0 radical (unpaired) electrons. The number of likely N-dealkylation sites (N-methyl/N-ethyl adjacent to an activating group) is 1. The minimum atomic E-state index is -4.60. The monoisotopic (exact) mass is 297 g/mol. The summed E-state index contributed by atoms with van der Waals surface area (Å²) < 4.78 is 62.4. The molecular formula is C11H14F3NO3S. The van der Waals surface area contributed by atoms with Crippen molar-refractivity contribution in [2.45, 2.75) is 24.1 Å². The summed E-state index contributed by atoms with van der Waals surface area (Å²) in [5.41, 5.74) is -1.03. The molecule has 8 heteroatoms. The van der Waals surface area contributed by atoms with E-state index in [9.17, 15) is 21.6 Å². The third-order valence-corrected chi connectivity index (χ3v) is 4.21. The van der Waals surface area contributed by atoms with Gasteiger partial charge in [-0.2, -0.15) is 17.5 Å². The Morgan fingerprint density at radius 2 is 1.95 bits per heavy atom. The summed E-state index contributed by atoms with van der Waals surface area (Å²) in [6.07, 6.45) is -5.51. The van der Waals surface area contributed by atoms with Crippen LogP contribution in [-0.4, -0.2) is 37.5 Å². The Kier molecular flexibility index (Phi) is 4.59. The smallest absolute Gasteiger partial charge is 0.392 e. The van der Waals surface area contributed by atoms with E-state index < -0.39 is 32.8 Å². The Hall–Kier alpha value is -1.12. The van der Waals surface area contributed by atoms with Crippen LogP contribution < -0.4 is 0 Å². The molecule has 1 rings (SSSR count). The average Bonchev–Trinajstić information content (AvgIpc) is 2.27. The SMILES string of the molecule is CC(O)CN(C)S(=O)(=O)c1cccc(C(F)(F)F)c1. The summed E-state index contributed by atoms with van der Waals surface area (Å²) in [5, 5.41) is 9.13. The number of alkyl halides is 3. The number of halogens is 3. The molecule has 0 bridgehead atoms. The minimum absolute atomic E-state index is 0.196. The van der Waals surface area contributed by atoms with Crippen molar-refractivity contribution < 1.29 is 26.7 Å². The molecule has 1 aromatic rings. The van der Waals surface area contributed by atoms with E-state index in [1.54, 1.807) is 0 Å². The maximum absolute atomic E-state index is 12.5. The highest BCUT2D eigenvalue weighted by Crippen LogP contribution is 2.30. The Morgan fingerprint density at radius 3 is 2.42 bits per heavy atom. The molecule has 0 aromatic heterocycles. The lowest BCUT2D eigenvalue weighted by Crippen LogP contribution is -2.33. The molecule has 0 aliphatic carbocycles. The Morgan fingerprint density at radius 1 is 1.37 bits per heavy atom. The Balaban J connectivity index is 3.16. The van der Waals surface area contributed by atoms with Gasteiger partial charge >= 0.3 is 6.18 Å². The Labute approximate surface area is 109 Å². The van der Waals surface area contributed by atoms with Crippen molar-refractivity contribution >= 4 is 10.0 Å². The van der Waals surface area contributed by atoms with Gasteiger partial charge < -0.3 is 5.11 Å². The summed E-state index contributed by atoms with van der Waals surface area (Å²) in [6.45, 7) is 1.19. The molecule has 19 heavy (non-hydrogen) atoms. The molecule has 1 unspecified atom stereocenters. The number of sulfonamides is 1. The third kappa shape index (κ3) is 3.92. The summed E-state index contributed by atoms with van der Waals surface area (Å²) in [5.74, 6) is 0. The van der Waals surface area contributed by atoms with Crippen molar-refractivity contribution in [3.8, 4) is 0 Å². The maximum Gasteiger partial charge on any atom is 0.416 e. The molecule has 0 spiro atoms. The number of nitrogens with zero attached hydrogens (tertiary/aromatic N) is 1. The summed E-state index contributed by atoms with van der Waals surface area (Å²) >= 11 is 0. The van der Waals surface area contributed by atoms with Gasteiger partial charge in [0.25, 0.3) is 0 Å². The van der Waals surface area contributed by atoms with Gasteiger partial charge in [0.15, 0.2) is 0 Å². The van der Waals surface area contributed by atoms with Crippen LogP contribution in [0.15, 0.2) is 29.2 Å². The fourth-order valence-electron chi connectivity index (χ4n) is 1.48. The molecule has 4 nitrogen and oxygen atoms in total. The lowest BCUT2D eigenvalue weighted by Gasteiger charge is -2.19. The van der Waals surface area contributed by atoms with Crippen LogP contribution in [0.2, 0.25) is 0 Å². The van der Waals surface area contributed by atoms with Gasteiger partial charge in [0.05, 0.1) is 16.6 Å². The number of hydrogen-bond acceptors (Lipinski definition) is 3. The van der Waals surface area contributed by atoms with Crippen LogP contribution in [-0.2, 0) is 16.2 Å². The number of rotatable bonds is 4. The summed E-state index contributed by atoms with van der Waals surface area (Å²) in [7, 11) is -2.85. The highest BCUT2D eigenvalue weighted by Gasteiger charge is 2.32. The van der Waals surface area contributed by atoms with Crippen LogP contribution in [0.25, 0.3) is 0 Å². The van der Waals surface area contributed by atoms with E-state index in [0.29, 0.717) is 6.07 Å². The fraction of sp³-hybridized carbons (Fsp3) is 0.455. The van der Waals surface area contributed by atoms with Crippen molar-refractivity contribution in [1.29, 1.82) is 0 Å². The first kappa shape index (κ1) is 15.9. The van der Waals surface area contributed by atoms with E-state index in [-0.39, 0.29) is 6.54 Å². The van der Waals surface area contributed by atoms with Crippen LogP contribution >= 0.6 is 0 Å². The van der Waals surface area contributed by atoms with Gasteiger partial charge in [-0.3, -0.25) is 0 Å². The molecule has 0 saturated heterocycles. The van der Waals surface area contributed by atoms with Crippen molar-refractivity contribution in [2.75, 3.05) is 13.6 Å². The third-order valence-electron chi connectivity index (χ3n) is 2.39. The molecule has 1 atom stereocenters. The van der Waals surface area contributed by atoms with Crippen molar-refractivity contribution in [3.05, 3.63) is 29.8 Å². The standard InChI is InChI=1S/C11H14F3NO3S/c1-8(16)7-15(2)19(17,18)10-5-3-4-9(6-10)11(12,13)14/h3-6,8,16H,7H2,1-2H3. The predicted molar refractivity (Wildman–Crippen MR) is 62.9 cm³/mol. The predicted octanol–water partition coefficient (Wildman–Crippen LogP) is 1.71. The van der Waals surface area contributed by atoms with Gasteiger partial charge in [0.1, 0.15) is 0 Å². The normalized spacial score (nSPS) is 14.7. The molecule has 0 saturated carbocycles. The van der Waals surface area contributed by atoms with Crippen LogP contribution in [0.4, 0.5) is 13.2 Å². The van der Waals surface area contributed by atoms with Crippen molar-refractivity contribution in [1.82, 2.24) is 4.31 Å². The molecule has 1 aromatic carbocycles. The zero-order chi connectivity index (χ0) is 14.8. The molecule has 108 valence electrons. The van der Waals surface area contributed by atoms with Gasteiger partial charge in [-0.05, 0) is 25.1 Å². The van der Waals surface area contributed by atoms with Gasteiger partial charge in [0, 0.05) is 13.6 Å². The molecule has 0 fully saturated rings. The first-order valence-electron chi connectivity index (χ1n) is 5.37. The van der Waals surface area contributed by atoms with Crippen LogP contribution in [0.1, 0.15) is 12.5 Å². The first-order chi connectivity index (χ1) is 8.55. The molecule has 0 amide bonds. The van der Waals surface area contributed by atoms with Crippen molar-refractivity contribution in [3.63, 3.8) is 0 Å². The quantitative estimate of drug-likeness (QED) is 0.920. The number of hydrogen-bond donors (Lipinski definition) is 1. The topological polar surface area (TPSA) is 57.6 Å². The summed E-state index contributed by atoms with van der Waals surface area (Å²) in [4.78, 5) is -0.453.